The van der Waals surface area contributed by atoms with Crippen LogP contribution in [0.1, 0.15) is 42.1 Å². The zero-order valence-corrected chi connectivity index (χ0v) is 13.9. The monoisotopic (exact) mass is 292 g/mol. The fourth-order valence-corrected chi connectivity index (χ4v) is 2.87. The van der Waals surface area contributed by atoms with Gasteiger partial charge in [0.1, 0.15) is 6.04 Å². The van der Waals surface area contributed by atoms with E-state index < -0.39 is 12.0 Å². The summed E-state index contributed by atoms with van der Waals surface area (Å²) in [6.45, 7) is 13.7. The Kier molecular flexibility index (Phi) is 6.85. The third-order valence-corrected chi connectivity index (χ3v) is 3.94. The molecule has 1 aromatic carbocycles. The number of aliphatic carboxylic acids is 1. The van der Waals surface area contributed by atoms with Gasteiger partial charge in [-0.15, -0.1) is 0 Å². The zero-order valence-electron chi connectivity index (χ0n) is 13.9. The van der Waals surface area contributed by atoms with Gasteiger partial charge in [-0.1, -0.05) is 31.5 Å². The van der Waals surface area contributed by atoms with E-state index in [9.17, 15) is 9.90 Å². The van der Waals surface area contributed by atoms with Crippen LogP contribution in [0.3, 0.4) is 0 Å². The Morgan fingerprint density at radius 1 is 1.19 bits per heavy atom. The summed E-state index contributed by atoms with van der Waals surface area (Å²) in [7, 11) is 0. The second-order valence-electron chi connectivity index (χ2n) is 5.56. The highest BCUT2D eigenvalue weighted by atomic mass is 16.4. The maximum absolute atomic E-state index is 11.6. The Labute approximate surface area is 128 Å². The number of rotatable bonds is 8. The van der Waals surface area contributed by atoms with Crippen LogP contribution in [0.2, 0.25) is 0 Å². The van der Waals surface area contributed by atoms with E-state index in [1.165, 1.54) is 5.56 Å². The van der Waals surface area contributed by atoms with Crippen molar-refractivity contribution in [2.24, 2.45) is 0 Å². The lowest BCUT2D eigenvalue weighted by Gasteiger charge is -2.23. The molecule has 0 heterocycles. The van der Waals surface area contributed by atoms with E-state index in [1.807, 2.05) is 32.9 Å². The fourth-order valence-electron chi connectivity index (χ4n) is 2.87. The molecule has 0 aliphatic carbocycles. The van der Waals surface area contributed by atoms with Crippen molar-refractivity contribution in [2.45, 2.75) is 40.7 Å². The average Bonchev–Trinajstić information content (AvgIpc) is 2.40. The largest absolute Gasteiger partial charge is 0.480 e. The van der Waals surface area contributed by atoms with Crippen LogP contribution in [0, 0.1) is 20.8 Å². The molecule has 1 unspecified atom stereocenters. The van der Waals surface area contributed by atoms with Crippen molar-refractivity contribution in [3.63, 3.8) is 0 Å². The molecular weight excluding hydrogens is 264 g/mol. The predicted octanol–water partition coefficient (Wildman–Crippen LogP) is 2.67. The van der Waals surface area contributed by atoms with Gasteiger partial charge in [0.2, 0.25) is 0 Å². The lowest BCUT2D eigenvalue weighted by Crippen LogP contribution is -2.37. The molecular formula is C17H28N2O2. The minimum atomic E-state index is -0.815. The van der Waals surface area contributed by atoms with Crippen LogP contribution in [0.25, 0.3) is 0 Å². The predicted molar refractivity (Wildman–Crippen MR) is 86.8 cm³/mol. The molecule has 0 saturated carbocycles. The topological polar surface area (TPSA) is 52.6 Å². The molecule has 4 nitrogen and oxygen atoms in total. The zero-order chi connectivity index (χ0) is 16.0. The van der Waals surface area contributed by atoms with Crippen LogP contribution >= 0.6 is 0 Å². The lowest BCUT2D eigenvalue weighted by atomic mass is 9.94. The van der Waals surface area contributed by atoms with Gasteiger partial charge < -0.3 is 10.0 Å². The molecule has 21 heavy (non-hydrogen) atoms. The van der Waals surface area contributed by atoms with Gasteiger partial charge in [-0.05, 0) is 50.6 Å². The molecule has 0 amide bonds. The highest BCUT2D eigenvalue weighted by molar-refractivity contribution is 5.76. The third kappa shape index (κ3) is 4.83. The highest BCUT2D eigenvalue weighted by Gasteiger charge is 2.23. The molecule has 0 aromatic heterocycles. The number of hydrogen-bond donors (Lipinski definition) is 2. The third-order valence-electron chi connectivity index (χ3n) is 3.94. The molecule has 0 bridgehead atoms. The first-order chi connectivity index (χ1) is 9.90. The Morgan fingerprint density at radius 2 is 1.71 bits per heavy atom. The first kappa shape index (κ1) is 17.7. The van der Waals surface area contributed by atoms with Crippen LogP contribution < -0.4 is 5.32 Å². The van der Waals surface area contributed by atoms with Crippen molar-refractivity contribution >= 4 is 5.97 Å². The van der Waals surface area contributed by atoms with Crippen molar-refractivity contribution in [3.8, 4) is 0 Å². The van der Waals surface area contributed by atoms with Crippen LogP contribution in [0.5, 0.6) is 0 Å². The molecule has 118 valence electrons. The molecule has 0 radical (unpaired) electrons. The summed E-state index contributed by atoms with van der Waals surface area (Å²) in [6.07, 6.45) is 0. The second kappa shape index (κ2) is 8.15. The quantitative estimate of drug-likeness (QED) is 0.773. The minimum Gasteiger partial charge on any atom is -0.480 e. The van der Waals surface area contributed by atoms with Crippen molar-refractivity contribution in [1.82, 2.24) is 10.2 Å². The van der Waals surface area contributed by atoms with Crippen molar-refractivity contribution in [1.29, 1.82) is 0 Å². The SMILES string of the molecule is CCN(CC)CCNC(C(=O)O)c1c(C)cc(C)cc1C. The Morgan fingerprint density at radius 3 is 2.14 bits per heavy atom. The molecule has 2 N–H and O–H groups in total. The Balaban J connectivity index is 2.86. The number of hydrogen-bond acceptors (Lipinski definition) is 3. The first-order valence-corrected chi connectivity index (χ1v) is 7.66. The Hall–Kier alpha value is -1.39. The van der Waals surface area contributed by atoms with Crippen LogP contribution in [0.15, 0.2) is 12.1 Å². The number of nitrogens with zero attached hydrogens (tertiary/aromatic N) is 1. The molecule has 1 atom stereocenters. The fraction of sp³-hybridized carbons (Fsp3) is 0.588. The van der Waals surface area contributed by atoms with Gasteiger partial charge in [0, 0.05) is 13.1 Å². The average molecular weight is 292 g/mol. The molecule has 0 spiro atoms. The van der Waals surface area contributed by atoms with Crippen LogP contribution in [-0.2, 0) is 4.79 Å². The van der Waals surface area contributed by atoms with E-state index in [0.717, 1.165) is 36.3 Å². The molecule has 1 rings (SSSR count). The molecule has 1 aromatic rings. The summed E-state index contributed by atoms with van der Waals surface area (Å²) < 4.78 is 0. The van der Waals surface area contributed by atoms with Crippen molar-refractivity contribution < 1.29 is 9.90 Å². The number of aryl methyl sites for hydroxylation is 3. The smallest absolute Gasteiger partial charge is 0.325 e. The molecule has 0 fully saturated rings. The number of nitrogens with one attached hydrogen (secondary N) is 1. The van der Waals surface area contributed by atoms with E-state index in [0.29, 0.717) is 6.54 Å². The van der Waals surface area contributed by atoms with E-state index in [4.69, 9.17) is 0 Å². The van der Waals surface area contributed by atoms with Gasteiger partial charge in [0.05, 0.1) is 0 Å². The number of likely N-dealkylation sites (N-methyl/N-ethyl adjacent to an activating group) is 1. The van der Waals surface area contributed by atoms with Crippen LogP contribution in [0.4, 0.5) is 0 Å². The normalized spacial score (nSPS) is 12.7. The van der Waals surface area contributed by atoms with E-state index in [2.05, 4.69) is 24.1 Å². The van der Waals surface area contributed by atoms with Gasteiger partial charge in [-0.2, -0.15) is 0 Å². The molecule has 0 aliphatic heterocycles. The van der Waals surface area contributed by atoms with E-state index >= 15 is 0 Å². The van der Waals surface area contributed by atoms with Gasteiger partial charge >= 0.3 is 5.97 Å². The van der Waals surface area contributed by atoms with Crippen LogP contribution in [-0.4, -0.2) is 42.2 Å². The Bertz CT molecular complexity index is 459. The summed E-state index contributed by atoms with van der Waals surface area (Å²) in [4.78, 5) is 13.9. The number of carboxylic acids is 1. The molecule has 0 aliphatic rings. The van der Waals surface area contributed by atoms with Gasteiger partial charge in [-0.3, -0.25) is 10.1 Å². The maximum atomic E-state index is 11.6. The summed E-state index contributed by atoms with van der Waals surface area (Å²) in [5.41, 5.74) is 4.14. The van der Waals surface area contributed by atoms with Gasteiger partial charge in [0.25, 0.3) is 0 Å². The summed E-state index contributed by atoms with van der Waals surface area (Å²) >= 11 is 0. The van der Waals surface area contributed by atoms with E-state index in [1.54, 1.807) is 0 Å². The first-order valence-electron chi connectivity index (χ1n) is 7.66. The number of carboxylic acid groups (broad SMARTS) is 1. The number of benzene rings is 1. The maximum Gasteiger partial charge on any atom is 0.325 e. The highest BCUT2D eigenvalue weighted by Crippen LogP contribution is 2.23. The molecule has 0 saturated heterocycles. The second-order valence-corrected chi connectivity index (χ2v) is 5.56. The van der Waals surface area contributed by atoms with Gasteiger partial charge in [0.15, 0.2) is 0 Å². The van der Waals surface area contributed by atoms with E-state index in [-0.39, 0.29) is 0 Å². The number of carbonyl (C=O) groups is 1. The minimum absolute atomic E-state index is 0.638. The molecule has 4 heteroatoms. The summed E-state index contributed by atoms with van der Waals surface area (Å²) in [5.74, 6) is -0.815. The summed E-state index contributed by atoms with van der Waals surface area (Å²) in [6, 6.07) is 3.45. The van der Waals surface area contributed by atoms with Crippen molar-refractivity contribution in [2.75, 3.05) is 26.2 Å². The van der Waals surface area contributed by atoms with Crippen molar-refractivity contribution in [3.05, 3.63) is 34.4 Å². The lowest BCUT2D eigenvalue weighted by molar-refractivity contribution is -0.139. The van der Waals surface area contributed by atoms with Gasteiger partial charge in [-0.25, -0.2) is 0 Å². The summed E-state index contributed by atoms with van der Waals surface area (Å²) in [5, 5.41) is 12.7. The standard InChI is InChI=1S/C17H28N2O2/c1-6-19(7-2)9-8-18-16(17(20)21)15-13(4)10-12(3)11-14(15)5/h10-11,16,18H,6-9H2,1-5H3,(H,20,21).